The number of hydrogen-bond donors (Lipinski definition) is 0. The van der Waals surface area contributed by atoms with Crippen molar-refractivity contribution in [3.8, 4) is 5.75 Å². The number of benzene rings is 3. The number of non-ortho nitro benzene ring substituents is 1. The van der Waals surface area contributed by atoms with Crippen molar-refractivity contribution in [3.63, 3.8) is 0 Å². The fourth-order valence-electron chi connectivity index (χ4n) is 3.01. The Morgan fingerprint density at radius 3 is 2.57 bits per heavy atom. The van der Waals surface area contributed by atoms with Crippen LogP contribution in [0.3, 0.4) is 0 Å². The Kier molecular flexibility index (Phi) is 5.34. The molecule has 0 atom stereocenters. The molecule has 3 aromatic carbocycles. The second-order valence-electron chi connectivity index (χ2n) is 6.50. The summed E-state index contributed by atoms with van der Waals surface area (Å²) < 4.78 is 5.93. The molecule has 3 aromatic rings. The number of para-hydroxylation sites is 1. The van der Waals surface area contributed by atoms with Gasteiger partial charge in [0.2, 0.25) is 0 Å². The van der Waals surface area contributed by atoms with Crippen LogP contribution in [0.1, 0.15) is 16.7 Å². The average Bonchev–Trinajstić information content (AvgIpc) is 3.14. The quantitative estimate of drug-likeness (QED) is 0.263. The zero-order valence-electron chi connectivity index (χ0n) is 15.7. The van der Waals surface area contributed by atoms with Crippen LogP contribution in [-0.4, -0.2) is 16.6 Å². The van der Waals surface area contributed by atoms with Gasteiger partial charge in [-0.15, -0.1) is 0 Å². The summed E-state index contributed by atoms with van der Waals surface area (Å²) in [6, 6.07) is 22.9. The third-order valence-corrected chi connectivity index (χ3v) is 4.48. The Balaban J connectivity index is 1.65. The van der Waals surface area contributed by atoms with E-state index in [0.29, 0.717) is 23.5 Å². The molecular formula is C23H16N2O5. The molecule has 0 bridgehead atoms. The molecule has 4 rings (SSSR count). The molecule has 0 fully saturated rings. The summed E-state index contributed by atoms with van der Waals surface area (Å²) in [6.07, 6.45) is 1.62. The molecule has 0 amide bonds. The Hall–Kier alpha value is -4.26. The van der Waals surface area contributed by atoms with Crippen LogP contribution in [0.15, 0.2) is 89.6 Å². The van der Waals surface area contributed by atoms with E-state index in [-0.39, 0.29) is 17.0 Å². The minimum Gasteiger partial charge on any atom is -0.488 e. The molecule has 0 radical (unpaired) electrons. The van der Waals surface area contributed by atoms with Crippen molar-refractivity contribution < 1.29 is 19.3 Å². The van der Waals surface area contributed by atoms with Gasteiger partial charge in [-0.3, -0.25) is 10.1 Å². The molecular weight excluding hydrogens is 384 g/mol. The van der Waals surface area contributed by atoms with E-state index < -0.39 is 10.9 Å². The van der Waals surface area contributed by atoms with E-state index in [2.05, 4.69) is 5.16 Å². The number of carbonyl (C=O) groups excluding carboxylic acids is 1. The Bertz CT molecular complexity index is 1170. The second kappa shape index (κ2) is 8.40. The molecule has 7 nitrogen and oxygen atoms in total. The monoisotopic (exact) mass is 400 g/mol. The minimum atomic E-state index is -0.630. The summed E-state index contributed by atoms with van der Waals surface area (Å²) in [5.41, 5.74) is 2.44. The number of ether oxygens (including phenoxy) is 1. The maximum absolute atomic E-state index is 12.3. The zero-order valence-corrected chi connectivity index (χ0v) is 15.7. The van der Waals surface area contributed by atoms with E-state index in [9.17, 15) is 14.9 Å². The molecule has 1 aliphatic rings. The number of carbonyl (C=O) groups is 1. The Morgan fingerprint density at radius 2 is 1.77 bits per heavy atom. The normalized spacial score (nSPS) is 14.3. The van der Waals surface area contributed by atoms with Crippen LogP contribution < -0.4 is 4.74 Å². The lowest BCUT2D eigenvalue weighted by Crippen LogP contribution is -2.07. The summed E-state index contributed by atoms with van der Waals surface area (Å²) >= 11 is 0. The van der Waals surface area contributed by atoms with Gasteiger partial charge in [-0.25, -0.2) is 4.79 Å². The van der Waals surface area contributed by atoms with Crippen LogP contribution in [-0.2, 0) is 16.2 Å². The number of rotatable bonds is 6. The van der Waals surface area contributed by atoms with Crippen LogP contribution in [0.25, 0.3) is 6.08 Å². The van der Waals surface area contributed by atoms with E-state index >= 15 is 0 Å². The highest BCUT2D eigenvalue weighted by Gasteiger charge is 2.28. The molecule has 30 heavy (non-hydrogen) atoms. The summed E-state index contributed by atoms with van der Waals surface area (Å²) in [4.78, 5) is 27.7. The summed E-state index contributed by atoms with van der Waals surface area (Å²) in [6.45, 7) is 0.372. The van der Waals surface area contributed by atoms with Crippen LogP contribution >= 0.6 is 0 Å². The van der Waals surface area contributed by atoms with E-state index in [4.69, 9.17) is 9.57 Å². The first-order valence-electron chi connectivity index (χ1n) is 9.14. The highest BCUT2D eigenvalue weighted by atomic mass is 16.7. The van der Waals surface area contributed by atoms with Gasteiger partial charge in [0, 0.05) is 23.3 Å². The van der Waals surface area contributed by atoms with E-state index in [1.54, 1.807) is 18.2 Å². The third-order valence-electron chi connectivity index (χ3n) is 4.48. The first-order valence-corrected chi connectivity index (χ1v) is 9.14. The van der Waals surface area contributed by atoms with Crippen molar-refractivity contribution in [2.24, 2.45) is 5.16 Å². The number of oxime groups is 1. The molecule has 1 aliphatic heterocycles. The van der Waals surface area contributed by atoms with Gasteiger partial charge in [-0.2, -0.15) is 0 Å². The molecule has 0 aliphatic carbocycles. The second-order valence-corrected chi connectivity index (χ2v) is 6.50. The molecule has 0 saturated carbocycles. The number of nitro benzene ring substituents is 1. The topological polar surface area (TPSA) is 91.0 Å². The standard InChI is InChI=1S/C23H16N2O5/c26-23-20(22(24-30-23)18-10-6-11-19(13-18)25(27)28)14-17-9-4-5-12-21(17)29-15-16-7-2-1-3-8-16/h1-14H,15H2. The molecule has 0 unspecified atom stereocenters. The molecule has 148 valence electrons. The van der Waals surface area contributed by atoms with Gasteiger partial charge >= 0.3 is 5.97 Å². The van der Waals surface area contributed by atoms with Crippen molar-refractivity contribution >= 4 is 23.4 Å². The zero-order chi connectivity index (χ0) is 20.9. The van der Waals surface area contributed by atoms with E-state index in [1.807, 2.05) is 48.5 Å². The molecule has 0 saturated heterocycles. The fraction of sp³-hybridized carbons (Fsp3) is 0.0435. The van der Waals surface area contributed by atoms with Gasteiger partial charge in [0.25, 0.3) is 5.69 Å². The maximum atomic E-state index is 12.3. The lowest BCUT2D eigenvalue weighted by molar-refractivity contribution is -0.384. The Morgan fingerprint density at radius 1 is 1.00 bits per heavy atom. The fourth-order valence-corrected chi connectivity index (χ4v) is 3.01. The van der Waals surface area contributed by atoms with E-state index in [0.717, 1.165) is 5.56 Å². The number of nitro groups is 1. The van der Waals surface area contributed by atoms with Crippen molar-refractivity contribution in [3.05, 3.63) is 111 Å². The largest absolute Gasteiger partial charge is 0.488 e. The smallest absolute Gasteiger partial charge is 0.368 e. The van der Waals surface area contributed by atoms with Crippen LogP contribution in [0.2, 0.25) is 0 Å². The predicted molar refractivity (Wildman–Crippen MR) is 111 cm³/mol. The van der Waals surface area contributed by atoms with Crippen molar-refractivity contribution in [2.75, 3.05) is 0 Å². The van der Waals surface area contributed by atoms with Crippen molar-refractivity contribution in [2.45, 2.75) is 6.61 Å². The predicted octanol–water partition coefficient (Wildman–Crippen LogP) is 4.52. The van der Waals surface area contributed by atoms with Gasteiger partial charge in [0.15, 0.2) is 0 Å². The van der Waals surface area contributed by atoms with Crippen molar-refractivity contribution in [1.82, 2.24) is 0 Å². The molecule has 7 heteroatoms. The van der Waals surface area contributed by atoms with Crippen LogP contribution in [0.4, 0.5) is 5.69 Å². The third kappa shape index (κ3) is 4.10. The first kappa shape index (κ1) is 19.1. The molecule has 0 N–H and O–H groups in total. The highest BCUT2D eigenvalue weighted by Crippen LogP contribution is 2.27. The molecule has 1 heterocycles. The van der Waals surface area contributed by atoms with Gasteiger partial charge in [-0.1, -0.05) is 65.8 Å². The van der Waals surface area contributed by atoms with Crippen LogP contribution in [0, 0.1) is 10.1 Å². The highest BCUT2D eigenvalue weighted by molar-refractivity contribution is 6.31. The Labute approximate surface area is 172 Å². The first-order chi connectivity index (χ1) is 14.6. The minimum absolute atomic E-state index is 0.0968. The summed E-state index contributed by atoms with van der Waals surface area (Å²) in [7, 11) is 0. The van der Waals surface area contributed by atoms with Gasteiger partial charge in [0.1, 0.15) is 18.1 Å². The lowest BCUT2D eigenvalue weighted by atomic mass is 10.00. The summed E-state index contributed by atoms with van der Waals surface area (Å²) in [5, 5.41) is 14.9. The van der Waals surface area contributed by atoms with Crippen LogP contribution in [0.5, 0.6) is 5.75 Å². The van der Waals surface area contributed by atoms with E-state index in [1.165, 1.54) is 18.2 Å². The lowest BCUT2D eigenvalue weighted by Gasteiger charge is -2.10. The number of nitrogens with zero attached hydrogens (tertiary/aromatic N) is 2. The average molecular weight is 400 g/mol. The molecule has 0 spiro atoms. The van der Waals surface area contributed by atoms with Gasteiger partial charge in [-0.05, 0) is 17.7 Å². The van der Waals surface area contributed by atoms with Gasteiger partial charge < -0.3 is 9.57 Å². The SMILES string of the molecule is O=C1ON=C(c2cccc([N+](=O)[O-])c2)C1=Cc1ccccc1OCc1ccccc1. The van der Waals surface area contributed by atoms with Gasteiger partial charge in [0.05, 0.1) is 10.5 Å². The number of hydrogen-bond acceptors (Lipinski definition) is 6. The summed E-state index contributed by atoms with van der Waals surface area (Å²) in [5.74, 6) is -0.0405. The molecule has 0 aromatic heterocycles. The van der Waals surface area contributed by atoms with Crippen molar-refractivity contribution in [1.29, 1.82) is 0 Å². The maximum Gasteiger partial charge on any atom is 0.368 e.